The number of aliphatic imine (C=N–C) groups is 1. The van der Waals surface area contributed by atoms with E-state index in [9.17, 15) is 4.79 Å². The fraction of sp³-hybridized carbons (Fsp3) is 0.556. The van der Waals surface area contributed by atoms with Crippen LogP contribution in [-0.2, 0) is 4.79 Å². The Morgan fingerprint density at radius 2 is 2.15 bits per heavy atom. The monoisotopic (exact) mass is 494 g/mol. The van der Waals surface area contributed by atoms with E-state index in [1.165, 1.54) is 0 Å². The molecular formula is C18H28ClIN4O2. The van der Waals surface area contributed by atoms with Crippen LogP contribution in [0.5, 0.6) is 5.75 Å². The fourth-order valence-corrected chi connectivity index (χ4v) is 2.91. The Morgan fingerprint density at radius 3 is 2.85 bits per heavy atom. The minimum Gasteiger partial charge on any atom is -0.490 e. The number of para-hydroxylation sites is 1. The minimum atomic E-state index is 0. The zero-order valence-electron chi connectivity index (χ0n) is 15.3. The summed E-state index contributed by atoms with van der Waals surface area (Å²) in [7, 11) is 0. The van der Waals surface area contributed by atoms with Crippen LogP contribution in [0.25, 0.3) is 0 Å². The highest BCUT2D eigenvalue weighted by Crippen LogP contribution is 2.22. The molecule has 1 aliphatic heterocycles. The highest BCUT2D eigenvalue weighted by molar-refractivity contribution is 14.0. The summed E-state index contributed by atoms with van der Waals surface area (Å²) in [5, 5.41) is 7.23. The number of guanidine groups is 1. The van der Waals surface area contributed by atoms with E-state index in [1.54, 1.807) is 6.07 Å². The molecule has 26 heavy (non-hydrogen) atoms. The maximum absolute atomic E-state index is 11.8. The summed E-state index contributed by atoms with van der Waals surface area (Å²) in [6, 6.07) is 7.63. The summed E-state index contributed by atoms with van der Waals surface area (Å²) in [5.74, 6) is 1.63. The Labute approximate surface area is 177 Å². The average Bonchev–Trinajstić information content (AvgIpc) is 3.08. The lowest BCUT2D eigenvalue weighted by Crippen LogP contribution is -2.45. The molecule has 1 aliphatic rings. The highest BCUT2D eigenvalue weighted by atomic mass is 127. The molecule has 2 N–H and O–H groups in total. The quantitative estimate of drug-likeness (QED) is 0.265. The number of likely N-dealkylation sites (tertiary alicyclic amines) is 1. The van der Waals surface area contributed by atoms with E-state index in [0.29, 0.717) is 30.3 Å². The van der Waals surface area contributed by atoms with Crippen molar-refractivity contribution in [2.24, 2.45) is 4.99 Å². The molecule has 1 unspecified atom stereocenters. The molecule has 146 valence electrons. The van der Waals surface area contributed by atoms with Crippen molar-refractivity contribution in [1.82, 2.24) is 15.5 Å². The second-order valence-electron chi connectivity index (χ2n) is 5.86. The van der Waals surface area contributed by atoms with Gasteiger partial charge in [0.15, 0.2) is 5.96 Å². The molecular weight excluding hydrogens is 467 g/mol. The Hall–Kier alpha value is -1.22. The number of carbonyl (C=O) groups excluding carboxylic acids is 1. The van der Waals surface area contributed by atoms with Gasteiger partial charge < -0.3 is 20.3 Å². The molecule has 1 heterocycles. The number of nitrogens with zero attached hydrogens (tertiary/aromatic N) is 2. The first-order chi connectivity index (χ1) is 12.1. The van der Waals surface area contributed by atoms with Crippen molar-refractivity contribution < 1.29 is 9.53 Å². The number of hydrogen-bond donors (Lipinski definition) is 2. The fourth-order valence-electron chi connectivity index (χ4n) is 2.72. The summed E-state index contributed by atoms with van der Waals surface area (Å²) >= 11 is 6.06. The Balaban J connectivity index is 0.00000338. The van der Waals surface area contributed by atoms with Gasteiger partial charge in [-0.1, -0.05) is 30.7 Å². The number of hydrogen-bond acceptors (Lipinski definition) is 3. The maximum atomic E-state index is 11.8. The minimum absolute atomic E-state index is 0. The topological polar surface area (TPSA) is 66.0 Å². The van der Waals surface area contributed by atoms with Crippen molar-refractivity contribution >= 4 is 47.4 Å². The van der Waals surface area contributed by atoms with Crippen LogP contribution in [0.2, 0.25) is 5.02 Å². The van der Waals surface area contributed by atoms with Crippen molar-refractivity contribution in [1.29, 1.82) is 0 Å². The predicted octanol–water partition coefficient (Wildman–Crippen LogP) is 2.90. The third-order valence-corrected chi connectivity index (χ3v) is 4.30. The first-order valence-corrected chi connectivity index (χ1v) is 9.21. The van der Waals surface area contributed by atoms with E-state index in [-0.39, 0.29) is 35.9 Å². The second kappa shape index (κ2) is 12.2. The van der Waals surface area contributed by atoms with Gasteiger partial charge in [0.1, 0.15) is 12.4 Å². The van der Waals surface area contributed by atoms with Crippen molar-refractivity contribution in [3.05, 3.63) is 29.3 Å². The predicted molar refractivity (Wildman–Crippen MR) is 117 cm³/mol. The van der Waals surface area contributed by atoms with Crippen LogP contribution in [0.4, 0.5) is 0 Å². The van der Waals surface area contributed by atoms with E-state index in [4.69, 9.17) is 16.3 Å². The van der Waals surface area contributed by atoms with Gasteiger partial charge in [-0.05, 0) is 25.5 Å². The van der Waals surface area contributed by atoms with Gasteiger partial charge in [0, 0.05) is 32.1 Å². The van der Waals surface area contributed by atoms with E-state index >= 15 is 0 Å². The van der Waals surface area contributed by atoms with Crippen LogP contribution >= 0.6 is 35.6 Å². The molecule has 0 saturated carbocycles. The van der Waals surface area contributed by atoms with Crippen molar-refractivity contribution in [3.63, 3.8) is 0 Å². The highest BCUT2D eigenvalue weighted by Gasteiger charge is 2.25. The molecule has 0 aliphatic carbocycles. The SMILES string of the molecule is CCNC(=NCCOc1ccccc1Cl)NC1CCN(C(=O)CC)C1.I. The van der Waals surface area contributed by atoms with Gasteiger partial charge in [-0.25, -0.2) is 4.99 Å². The van der Waals surface area contributed by atoms with Crippen LogP contribution in [0.15, 0.2) is 29.3 Å². The molecule has 8 heteroatoms. The van der Waals surface area contributed by atoms with Gasteiger partial charge in [-0.2, -0.15) is 0 Å². The second-order valence-corrected chi connectivity index (χ2v) is 6.27. The van der Waals surface area contributed by atoms with Gasteiger partial charge in [0.25, 0.3) is 0 Å². The lowest BCUT2D eigenvalue weighted by Gasteiger charge is -2.18. The Bertz CT molecular complexity index is 600. The van der Waals surface area contributed by atoms with Crippen LogP contribution in [0.3, 0.4) is 0 Å². The van der Waals surface area contributed by atoms with Crippen molar-refractivity contribution in [3.8, 4) is 5.75 Å². The first-order valence-electron chi connectivity index (χ1n) is 8.84. The Morgan fingerprint density at radius 1 is 1.38 bits per heavy atom. The molecule has 1 fully saturated rings. The van der Waals surface area contributed by atoms with Gasteiger partial charge >= 0.3 is 0 Å². The number of nitrogens with one attached hydrogen (secondary N) is 2. The summed E-state index contributed by atoms with van der Waals surface area (Å²) in [6.07, 6.45) is 1.49. The molecule has 0 aromatic heterocycles. The smallest absolute Gasteiger partial charge is 0.222 e. The summed E-state index contributed by atoms with van der Waals surface area (Å²) in [5.41, 5.74) is 0. The molecule has 0 bridgehead atoms. The zero-order chi connectivity index (χ0) is 18.1. The van der Waals surface area contributed by atoms with E-state index in [0.717, 1.165) is 32.0 Å². The lowest BCUT2D eigenvalue weighted by molar-refractivity contribution is -0.129. The van der Waals surface area contributed by atoms with E-state index < -0.39 is 0 Å². The van der Waals surface area contributed by atoms with Crippen molar-refractivity contribution in [2.45, 2.75) is 32.7 Å². The normalized spacial score (nSPS) is 16.8. The van der Waals surface area contributed by atoms with E-state index in [1.807, 2.05) is 36.9 Å². The van der Waals surface area contributed by atoms with Crippen molar-refractivity contribution in [2.75, 3.05) is 32.8 Å². The third kappa shape index (κ3) is 7.19. The number of carbonyl (C=O) groups is 1. The van der Waals surface area contributed by atoms with Gasteiger partial charge in [0.05, 0.1) is 11.6 Å². The number of amides is 1. The number of halogens is 2. The lowest BCUT2D eigenvalue weighted by atomic mass is 10.3. The molecule has 0 radical (unpaired) electrons. The molecule has 1 aromatic rings. The average molecular weight is 495 g/mol. The standard InChI is InChI=1S/C18H27ClN4O2.HI/c1-3-17(24)23-11-9-14(13-23)22-18(20-4-2)21-10-12-25-16-8-6-5-7-15(16)19;/h5-8,14H,3-4,9-13H2,1-2H3,(H2,20,21,22);1H. The molecule has 1 aromatic carbocycles. The molecule has 1 saturated heterocycles. The molecule has 6 nitrogen and oxygen atoms in total. The van der Waals surface area contributed by atoms with Crippen LogP contribution in [0.1, 0.15) is 26.7 Å². The summed E-state index contributed by atoms with van der Waals surface area (Å²) in [4.78, 5) is 18.2. The molecule has 1 amide bonds. The first kappa shape index (κ1) is 22.8. The number of benzene rings is 1. The van der Waals surface area contributed by atoms with Crippen LogP contribution in [-0.4, -0.2) is 55.6 Å². The molecule has 1 atom stereocenters. The van der Waals surface area contributed by atoms with Gasteiger partial charge in [-0.15, -0.1) is 24.0 Å². The largest absolute Gasteiger partial charge is 0.490 e. The van der Waals surface area contributed by atoms with Crippen LogP contribution < -0.4 is 15.4 Å². The molecule has 0 spiro atoms. The number of rotatable bonds is 7. The third-order valence-electron chi connectivity index (χ3n) is 3.98. The molecule has 2 rings (SSSR count). The summed E-state index contributed by atoms with van der Waals surface area (Å²) < 4.78 is 5.65. The summed E-state index contributed by atoms with van der Waals surface area (Å²) in [6.45, 7) is 7.21. The number of ether oxygens (including phenoxy) is 1. The van der Waals surface area contributed by atoms with E-state index in [2.05, 4.69) is 15.6 Å². The zero-order valence-corrected chi connectivity index (χ0v) is 18.4. The Kier molecular flexibility index (Phi) is 10.7. The van der Waals surface area contributed by atoms with Crippen LogP contribution in [0, 0.1) is 0 Å². The van der Waals surface area contributed by atoms with Gasteiger partial charge in [-0.3, -0.25) is 4.79 Å². The maximum Gasteiger partial charge on any atom is 0.222 e. The van der Waals surface area contributed by atoms with Gasteiger partial charge in [0.2, 0.25) is 5.91 Å².